The molecule has 3 rings (SSSR count). The smallest absolute Gasteiger partial charge is 0.321 e. The van der Waals surface area contributed by atoms with Crippen molar-refractivity contribution in [3.05, 3.63) is 52.8 Å². The van der Waals surface area contributed by atoms with Crippen molar-refractivity contribution in [1.29, 1.82) is 0 Å². The summed E-state index contributed by atoms with van der Waals surface area (Å²) in [6.07, 6.45) is 0.172. The van der Waals surface area contributed by atoms with Crippen LogP contribution in [0.15, 0.2) is 62.0 Å². The van der Waals surface area contributed by atoms with Gasteiger partial charge in [0, 0.05) is 6.42 Å². The number of carbonyl (C=O) groups excluding carboxylic acids is 1. The number of aromatic hydroxyl groups is 1. The van der Waals surface area contributed by atoms with Crippen molar-refractivity contribution in [2.45, 2.75) is 13.3 Å². The van der Waals surface area contributed by atoms with Gasteiger partial charge in [-0.15, -0.1) is 10.2 Å². The van der Waals surface area contributed by atoms with Gasteiger partial charge >= 0.3 is 11.9 Å². The Morgan fingerprint density at radius 1 is 1.30 bits per heavy atom. The van der Waals surface area contributed by atoms with Gasteiger partial charge in [0.05, 0.1) is 11.6 Å². The third-order valence-electron chi connectivity index (χ3n) is 3.51. The van der Waals surface area contributed by atoms with Crippen LogP contribution in [0.2, 0.25) is 0 Å². The predicted molar refractivity (Wildman–Crippen MR) is 94.6 cm³/mol. The Labute approximate surface area is 152 Å². The van der Waals surface area contributed by atoms with Crippen LogP contribution in [0.5, 0.6) is 11.8 Å². The maximum Gasteiger partial charge on any atom is 0.321 e. The molecule has 27 heavy (non-hydrogen) atoms. The number of rotatable bonds is 5. The Morgan fingerprint density at radius 2 is 2.04 bits per heavy atom. The first-order chi connectivity index (χ1) is 13.0. The van der Waals surface area contributed by atoms with E-state index < -0.39 is 17.4 Å². The van der Waals surface area contributed by atoms with Crippen molar-refractivity contribution in [3.63, 3.8) is 0 Å². The van der Waals surface area contributed by atoms with Crippen LogP contribution in [0.3, 0.4) is 0 Å². The molecule has 2 heterocycles. The van der Waals surface area contributed by atoms with E-state index in [4.69, 9.17) is 15.1 Å². The van der Waals surface area contributed by atoms with Crippen LogP contribution < -0.4 is 16.1 Å². The molecule has 0 aliphatic heterocycles. The van der Waals surface area contributed by atoms with Crippen LogP contribution >= 0.6 is 0 Å². The molecule has 3 aromatic rings. The molecule has 0 saturated carbocycles. The van der Waals surface area contributed by atoms with Crippen LogP contribution in [0, 0.1) is 0 Å². The summed E-state index contributed by atoms with van der Waals surface area (Å²) in [4.78, 5) is 23.5. The third-order valence-corrected chi connectivity index (χ3v) is 3.51. The Morgan fingerprint density at radius 3 is 2.74 bits per heavy atom. The summed E-state index contributed by atoms with van der Waals surface area (Å²) < 4.78 is 10.2. The van der Waals surface area contributed by atoms with Crippen molar-refractivity contribution < 1.29 is 19.2 Å². The number of nitrogens with two attached hydrogens (primary N) is 1. The molecule has 138 valence electrons. The number of carbonyl (C=O) groups is 1. The third kappa shape index (κ3) is 3.84. The van der Waals surface area contributed by atoms with E-state index in [1.807, 2.05) is 0 Å². The standard InChI is InChI=1S/C17H15N5O5/c1-2-14(23)26-15-9-13(21-27-15)20-19-12-8-11(10-6-4-3-5-7-10)16(24)22(18)17(12)25/h3-9,25H,2,18H2,1H3. The Balaban J connectivity index is 1.93. The molecular weight excluding hydrogens is 354 g/mol. The highest BCUT2D eigenvalue weighted by Gasteiger charge is 2.14. The van der Waals surface area contributed by atoms with Crippen LogP contribution in [0.1, 0.15) is 13.3 Å². The molecule has 0 bridgehead atoms. The summed E-state index contributed by atoms with van der Waals surface area (Å²) in [7, 11) is 0. The number of pyridine rings is 1. The molecule has 0 amide bonds. The largest absolute Gasteiger partial charge is 0.492 e. The highest BCUT2D eigenvalue weighted by Crippen LogP contribution is 2.30. The molecule has 0 aliphatic carbocycles. The van der Waals surface area contributed by atoms with Crippen molar-refractivity contribution >= 4 is 17.5 Å². The number of azo groups is 1. The molecule has 0 fully saturated rings. The number of nitrogen functional groups attached to an aromatic ring is 1. The normalized spacial score (nSPS) is 11.0. The molecule has 1 aromatic carbocycles. The number of benzene rings is 1. The second-order valence-corrected chi connectivity index (χ2v) is 5.34. The van der Waals surface area contributed by atoms with Gasteiger partial charge in [-0.05, 0) is 11.6 Å². The summed E-state index contributed by atoms with van der Waals surface area (Å²) in [6.45, 7) is 1.63. The van der Waals surface area contributed by atoms with E-state index in [0.717, 1.165) is 0 Å². The second-order valence-electron chi connectivity index (χ2n) is 5.34. The molecule has 10 nitrogen and oxygen atoms in total. The Hall–Kier alpha value is -3.95. The van der Waals surface area contributed by atoms with Crippen LogP contribution in [-0.4, -0.2) is 20.9 Å². The summed E-state index contributed by atoms with van der Waals surface area (Å²) >= 11 is 0. The minimum absolute atomic E-state index is 0.00401. The number of nitrogens with zero attached hydrogens (tertiary/aromatic N) is 4. The number of esters is 1. The van der Waals surface area contributed by atoms with Crippen LogP contribution in [-0.2, 0) is 4.79 Å². The van der Waals surface area contributed by atoms with Gasteiger partial charge in [-0.2, -0.15) is 4.68 Å². The second kappa shape index (κ2) is 7.52. The van der Waals surface area contributed by atoms with Crippen molar-refractivity contribution in [3.8, 4) is 23.0 Å². The van der Waals surface area contributed by atoms with Gasteiger partial charge < -0.3 is 20.2 Å². The van der Waals surface area contributed by atoms with E-state index in [9.17, 15) is 14.7 Å². The zero-order chi connectivity index (χ0) is 19.4. The van der Waals surface area contributed by atoms with E-state index in [0.29, 0.717) is 10.2 Å². The Bertz CT molecular complexity index is 1060. The first-order valence-electron chi connectivity index (χ1n) is 7.88. The molecule has 0 radical (unpaired) electrons. The molecule has 0 atom stereocenters. The van der Waals surface area contributed by atoms with Gasteiger partial charge in [-0.25, -0.2) is 0 Å². The van der Waals surface area contributed by atoms with E-state index in [-0.39, 0.29) is 29.4 Å². The van der Waals surface area contributed by atoms with Gasteiger partial charge in [-0.1, -0.05) is 42.4 Å². The number of aromatic nitrogens is 2. The maximum absolute atomic E-state index is 12.3. The number of ether oxygens (including phenoxy) is 1. The van der Waals surface area contributed by atoms with Gasteiger partial charge in [0.1, 0.15) is 5.69 Å². The summed E-state index contributed by atoms with van der Waals surface area (Å²) in [6, 6.07) is 11.4. The minimum atomic E-state index is -0.590. The van der Waals surface area contributed by atoms with E-state index in [1.54, 1.807) is 37.3 Å². The molecule has 0 spiro atoms. The predicted octanol–water partition coefficient (Wildman–Crippen LogP) is 2.65. The molecule has 0 unspecified atom stereocenters. The Kier molecular flexibility index (Phi) is 4.97. The van der Waals surface area contributed by atoms with E-state index >= 15 is 0 Å². The van der Waals surface area contributed by atoms with Gasteiger partial charge in [-0.3, -0.25) is 9.59 Å². The highest BCUT2D eigenvalue weighted by molar-refractivity contribution is 5.71. The molecule has 10 heteroatoms. The van der Waals surface area contributed by atoms with Gasteiger partial charge in [0.15, 0.2) is 0 Å². The maximum atomic E-state index is 12.3. The first kappa shape index (κ1) is 17.9. The van der Waals surface area contributed by atoms with Crippen molar-refractivity contribution in [1.82, 2.24) is 9.83 Å². The first-order valence-corrected chi connectivity index (χ1v) is 7.88. The molecule has 2 aromatic heterocycles. The average Bonchev–Trinajstić information content (AvgIpc) is 3.13. The zero-order valence-corrected chi connectivity index (χ0v) is 14.2. The summed E-state index contributed by atoms with van der Waals surface area (Å²) in [5.41, 5.74) is 0.204. The fourth-order valence-electron chi connectivity index (χ4n) is 2.15. The lowest BCUT2D eigenvalue weighted by Crippen LogP contribution is -2.27. The van der Waals surface area contributed by atoms with Crippen LogP contribution in [0.25, 0.3) is 11.1 Å². The minimum Gasteiger partial charge on any atom is -0.492 e. The van der Waals surface area contributed by atoms with Crippen molar-refractivity contribution in [2.75, 3.05) is 5.84 Å². The highest BCUT2D eigenvalue weighted by atomic mass is 16.6. The number of hydrogen-bond donors (Lipinski definition) is 2. The lowest BCUT2D eigenvalue weighted by Gasteiger charge is -2.08. The quantitative estimate of drug-likeness (QED) is 0.399. The lowest BCUT2D eigenvalue weighted by molar-refractivity contribution is -0.135. The van der Waals surface area contributed by atoms with Crippen molar-refractivity contribution in [2.24, 2.45) is 10.2 Å². The van der Waals surface area contributed by atoms with E-state index in [2.05, 4.69) is 15.4 Å². The topological polar surface area (TPSA) is 145 Å². The summed E-state index contributed by atoms with van der Waals surface area (Å²) in [5.74, 6) is 4.44. The molecule has 0 saturated heterocycles. The summed E-state index contributed by atoms with van der Waals surface area (Å²) in [5, 5.41) is 21.3. The molecular formula is C17H15N5O5. The fourth-order valence-corrected chi connectivity index (χ4v) is 2.15. The lowest BCUT2D eigenvalue weighted by atomic mass is 10.1. The molecule has 0 aliphatic rings. The van der Waals surface area contributed by atoms with Gasteiger partial charge in [0.25, 0.3) is 5.56 Å². The monoisotopic (exact) mass is 369 g/mol. The fraction of sp³-hybridized carbons (Fsp3) is 0.118. The zero-order valence-electron chi connectivity index (χ0n) is 14.2. The van der Waals surface area contributed by atoms with Gasteiger partial charge in [0.2, 0.25) is 11.7 Å². The average molecular weight is 369 g/mol. The van der Waals surface area contributed by atoms with Crippen LogP contribution in [0.4, 0.5) is 11.5 Å². The SMILES string of the molecule is CCC(=O)Oc1cc(N=Nc2cc(-c3ccccc3)c(=O)n(N)c2O)no1. The van der Waals surface area contributed by atoms with E-state index in [1.165, 1.54) is 12.1 Å². The number of hydrogen-bond acceptors (Lipinski definition) is 9. The molecule has 3 N–H and O–H groups in total.